The molecule has 1 saturated carbocycles. The van der Waals surface area contributed by atoms with E-state index in [4.69, 9.17) is 4.74 Å². The summed E-state index contributed by atoms with van der Waals surface area (Å²) < 4.78 is 44.9. The lowest BCUT2D eigenvalue weighted by Gasteiger charge is -2.45. The monoisotopic (exact) mass is 437 g/mol. The van der Waals surface area contributed by atoms with E-state index in [1.807, 2.05) is 18.2 Å². The minimum Gasteiger partial charge on any atom is -0.382 e. The quantitative estimate of drug-likeness (QED) is 0.652. The molecule has 2 aliphatic heterocycles. The molecule has 0 radical (unpaired) electrons. The zero-order valence-corrected chi connectivity index (χ0v) is 18.4. The first kappa shape index (κ1) is 22.5. The van der Waals surface area contributed by atoms with Crippen LogP contribution in [0.5, 0.6) is 0 Å². The average Bonchev–Trinajstić information content (AvgIpc) is 3.04. The van der Waals surface area contributed by atoms with E-state index in [9.17, 15) is 13.2 Å². The molecular weight excluding hydrogens is 403 g/mol. The molecule has 1 spiro atoms. The van der Waals surface area contributed by atoms with Crippen molar-refractivity contribution >= 4 is 16.6 Å². The van der Waals surface area contributed by atoms with E-state index >= 15 is 0 Å². The van der Waals surface area contributed by atoms with E-state index in [0.29, 0.717) is 22.7 Å². The van der Waals surface area contributed by atoms with Crippen LogP contribution in [0, 0.1) is 12.3 Å². The maximum absolute atomic E-state index is 12.8. The van der Waals surface area contributed by atoms with Crippen LogP contribution in [0.25, 0.3) is 10.9 Å². The van der Waals surface area contributed by atoms with Crippen LogP contribution in [-0.4, -0.2) is 43.1 Å². The molecule has 0 amide bonds. The standard InChI is InChI=1S/C17H21F3N2.C7H13NO/c1-12-10-14-15(21-13-6-3-2-4-7-13)8-5-9-16(14)22(12)11-17(18,19)20;1-3-9-4-2-7(1)5-8-6-7/h5,8-10,13,21H,2-4,6-7,11H2,1H3;8H,1-6H2. The van der Waals surface area contributed by atoms with E-state index < -0.39 is 12.7 Å². The Morgan fingerprint density at radius 1 is 1.13 bits per heavy atom. The van der Waals surface area contributed by atoms with Gasteiger partial charge in [-0.1, -0.05) is 25.3 Å². The number of nitrogens with zero attached hydrogens (tertiary/aromatic N) is 1. The number of hydrogen-bond acceptors (Lipinski definition) is 3. The SMILES string of the molecule is C1CC2(CCO1)CNC2.Cc1cc2c(NC3CCCCC3)cccc2n1CC(F)(F)F. The number of hydrogen-bond donors (Lipinski definition) is 2. The van der Waals surface area contributed by atoms with Crippen LogP contribution in [0.3, 0.4) is 0 Å². The summed E-state index contributed by atoms with van der Waals surface area (Å²) in [5.74, 6) is 0. The summed E-state index contributed by atoms with van der Waals surface area (Å²) in [5, 5.41) is 7.73. The lowest BCUT2D eigenvalue weighted by atomic mass is 9.75. The van der Waals surface area contributed by atoms with Crippen molar-refractivity contribution in [2.45, 2.75) is 70.6 Å². The van der Waals surface area contributed by atoms with Crippen LogP contribution in [0.2, 0.25) is 0 Å². The first-order valence-corrected chi connectivity index (χ1v) is 11.6. The molecule has 2 saturated heterocycles. The molecule has 172 valence electrons. The smallest absolute Gasteiger partial charge is 0.382 e. The molecule has 0 unspecified atom stereocenters. The number of anilines is 1. The minimum atomic E-state index is -4.20. The van der Waals surface area contributed by atoms with Gasteiger partial charge in [0.05, 0.1) is 5.52 Å². The summed E-state index contributed by atoms with van der Waals surface area (Å²) in [4.78, 5) is 0. The van der Waals surface area contributed by atoms with Gasteiger partial charge in [0.15, 0.2) is 0 Å². The van der Waals surface area contributed by atoms with Crippen molar-refractivity contribution in [3.63, 3.8) is 0 Å². The van der Waals surface area contributed by atoms with Crippen LogP contribution < -0.4 is 10.6 Å². The van der Waals surface area contributed by atoms with E-state index in [1.165, 1.54) is 49.8 Å². The molecule has 3 fully saturated rings. The third-order valence-electron chi connectivity index (χ3n) is 7.01. The molecule has 1 aromatic heterocycles. The fraction of sp³-hybridized carbons (Fsp3) is 0.667. The zero-order chi connectivity index (χ0) is 21.9. The molecule has 31 heavy (non-hydrogen) atoms. The lowest BCUT2D eigenvalue weighted by molar-refractivity contribution is -0.140. The van der Waals surface area contributed by atoms with Gasteiger partial charge < -0.3 is 19.9 Å². The van der Waals surface area contributed by atoms with Crippen molar-refractivity contribution in [1.29, 1.82) is 0 Å². The fourth-order valence-corrected chi connectivity index (χ4v) is 5.04. The molecule has 0 bridgehead atoms. The van der Waals surface area contributed by atoms with Gasteiger partial charge in [-0.25, -0.2) is 0 Å². The molecular formula is C24H34F3N3O. The first-order valence-electron chi connectivity index (χ1n) is 11.6. The van der Waals surface area contributed by atoms with Gasteiger partial charge in [-0.05, 0) is 56.2 Å². The minimum absolute atomic E-state index is 0.436. The third-order valence-corrected chi connectivity index (χ3v) is 7.01. The van der Waals surface area contributed by atoms with E-state index in [0.717, 1.165) is 37.1 Å². The Balaban J connectivity index is 0.000000212. The first-order chi connectivity index (χ1) is 14.9. The van der Waals surface area contributed by atoms with Crippen LogP contribution >= 0.6 is 0 Å². The number of halogens is 3. The van der Waals surface area contributed by atoms with Crippen molar-refractivity contribution in [3.8, 4) is 0 Å². The molecule has 7 heteroatoms. The van der Waals surface area contributed by atoms with Crippen LogP contribution in [0.4, 0.5) is 18.9 Å². The number of nitrogens with one attached hydrogen (secondary N) is 2. The van der Waals surface area contributed by atoms with Crippen LogP contribution in [0.1, 0.15) is 50.6 Å². The molecule has 3 aliphatic rings. The summed E-state index contributed by atoms with van der Waals surface area (Å²) in [6.45, 7) is 5.24. The highest BCUT2D eigenvalue weighted by molar-refractivity contribution is 5.93. The van der Waals surface area contributed by atoms with E-state index in [1.54, 1.807) is 13.0 Å². The molecule has 1 aromatic carbocycles. The van der Waals surface area contributed by atoms with E-state index in [2.05, 4.69) is 10.6 Å². The van der Waals surface area contributed by atoms with Crippen molar-refractivity contribution < 1.29 is 17.9 Å². The summed E-state index contributed by atoms with van der Waals surface area (Å²) in [6.07, 6.45) is 4.35. The van der Waals surface area contributed by atoms with Gasteiger partial charge in [-0.3, -0.25) is 0 Å². The summed E-state index contributed by atoms with van der Waals surface area (Å²) in [5.41, 5.74) is 2.91. The number of alkyl halides is 3. The molecule has 5 rings (SSSR count). The Hall–Kier alpha value is -1.73. The normalized spacial score (nSPS) is 21.4. The zero-order valence-electron chi connectivity index (χ0n) is 18.4. The number of aryl methyl sites for hydroxylation is 1. The highest BCUT2D eigenvalue weighted by Gasteiger charge is 2.37. The number of rotatable bonds is 3. The Morgan fingerprint density at radius 2 is 1.84 bits per heavy atom. The van der Waals surface area contributed by atoms with Crippen molar-refractivity contribution in [3.05, 3.63) is 30.0 Å². The molecule has 3 heterocycles. The predicted octanol–water partition coefficient (Wildman–Crippen LogP) is 5.64. The topological polar surface area (TPSA) is 38.2 Å². The summed E-state index contributed by atoms with van der Waals surface area (Å²) in [6, 6.07) is 7.85. The Labute approximate surface area is 182 Å². The molecule has 4 nitrogen and oxygen atoms in total. The van der Waals surface area contributed by atoms with Crippen LogP contribution in [0.15, 0.2) is 24.3 Å². The highest BCUT2D eigenvalue weighted by Crippen LogP contribution is 2.34. The van der Waals surface area contributed by atoms with Gasteiger partial charge in [0.25, 0.3) is 0 Å². The number of fused-ring (bicyclic) bond motifs is 1. The maximum Gasteiger partial charge on any atom is 0.406 e. The van der Waals surface area contributed by atoms with Gasteiger partial charge in [-0.15, -0.1) is 0 Å². The van der Waals surface area contributed by atoms with E-state index in [-0.39, 0.29) is 0 Å². The number of ether oxygens (including phenoxy) is 1. The predicted molar refractivity (Wildman–Crippen MR) is 119 cm³/mol. The average molecular weight is 438 g/mol. The number of benzene rings is 1. The number of aromatic nitrogens is 1. The molecule has 0 atom stereocenters. The van der Waals surface area contributed by atoms with Crippen molar-refractivity contribution in [2.24, 2.45) is 5.41 Å². The highest BCUT2D eigenvalue weighted by atomic mass is 19.4. The summed E-state index contributed by atoms with van der Waals surface area (Å²) >= 11 is 0. The fourth-order valence-electron chi connectivity index (χ4n) is 5.04. The largest absolute Gasteiger partial charge is 0.406 e. The Kier molecular flexibility index (Phi) is 6.82. The second-order valence-corrected chi connectivity index (χ2v) is 9.42. The third kappa shape index (κ3) is 5.55. The van der Waals surface area contributed by atoms with Gasteiger partial charge >= 0.3 is 6.18 Å². The van der Waals surface area contributed by atoms with Crippen LogP contribution in [-0.2, 0) is 11.3 Å². The Bertz CT molecular complexity index is 859. The molecule has 2 aromatic rings. The second kappa shape index (κ2) is 9.41. The van der Waals surface area contributed by atoms with Gasteiger partial charge in [-0.2, -0.15) is 13.2 Å². The van der Waals surface area contributed by atoms with Crippen molar-refractivity contribution in [2.75, 3.05) is 31.6 Å². The second-order valence-electron chi connectivity index (χ2n) is 9.42. The van der Waals surface area contributed by atoms with Gasteiger partial charge in [0.2, 0.25) is 0 Å². The molecule has 2 N–H and O–H groups in total. The maximum atomic E-state index is 12.8. The Morgan fingerprint density at radius 3 is 2.42 bits per heavy atom. The van der Waals surface area contributed by atoms with Crippen molar-refractivity contribution in [1.82, 2.24) is 9.88 Å². The van der Waals surface area contributed by atoms with Gasteiger partial charge in [0, 0.05) is 49.1 Å². The lowest BCUT2D eigenvalue weighted by Crippen LogP contribution is -2.55. The molecule has 1 aliphatic carbocycles. The van der Waals surface area contributed by atoms with Gasteiger partial charge in [0.1, 0.15) is 6.54 Å². The summed E-state index contributed by atoms with van der Waals surface area (Å²) in [7, 11) is 0.